The maximum Gasteiger partial charge on any atom is 0.325 e. The van der Waals surface area contributed by atoms with E-state index in [0.717, 1.165) is 4.90 Å². The van der Waals surface area contributed by atoms with Crippen molar-refractivity contribution in [2.45, 2.75) is 25.4 Å². The lowest BCUT2D eigenvalue weighted by molar-refractivity contribution is -0.137. The molecule has 1 heterocycles. The van der Waals surface area contributed by atoms with Crippen molar-refractivity contribution in [1.29, 1.82) is 0 Å². The third-order valence-electron chi connectivity index (χ3n) is 3.04. The second-order valence-electron chi connectivity index (χ2n) is 4.45. The van der Waals surface area contributed by atoms with E-state index in [0.29, 0.717) is 0 Å². The summed E-state index contributed by atoms with van der Waals surface area (Å²) in [7, 11) is 0. The Morgan fingerprint density at radius 2 is 2.05 bits per heavy atom. The molecule has 2 rings (SSSR count). The monoisotopic (exact) mass is 280 g/mol. The van der Waals surface area contributed by atoms with Crippen LogP contribution in [-0.2, 0) is 16.1 Å². The molecule has 1 atom stereocenters. The molecule has 0 unspecified atom stereocenters. The highest BCUT2D eigenvalue weighted by molar-refractivity contribution is 6.04. The van der Waals surface area contributed by atoms with Crippen LogP contribution < -0.4 is 5.32 Å². The van der Waals surface area contributed by atoms with Gasteiger partial charge in [0.15, 0.2) is 0 Å². The van der Waals surface area contributed by atoms with Crippen molar-refractivity contribution in [3.05, 3.63) is 35.6 Å². The van der Waals surface area contributed by atoms with Gasteiger partial charge in [0.1, 0.15) is 11.9 Å². The van der Waals surface area contributed by atoms with E-state index in [1.54, 1.807) is 6.07 Å². The van der Waals surface area contributed by atoms with Crippen LogP contribution in [0.5, 0.6) is 0 Å². The molecule has 1 aliphatic rings. The Kier molecular flexibility index (Phi) is 3.97. The summed E-state index contributed by atoms with van der Waals surface area (Å²) in [6, 6.07) is 4.37. The van der Waals surface area contributed by atoms with Gasteiger partial charge in [-0.25, -0.2) is 9.18 Å². The molecule has 0 bridgehead atoms. The zero-order chi connectivity index (χ0) is 14.7. The molecule has 0 spiro atoms. The van der Waals surface area contributed by atoms with E-state index in [4.69, 9.17) is 5.11 Å². The van der Waals surface area contributed by atoms with E-state index in [2.05, 4.69) is 5.32 Å². The molecule has 7 heteroatoms. The minimum Gasteiger partial charge on any atom is -0.481 e. The minimum absolute atomic E-state index is 0.0215. The third kappa shape index (κ3) is 2.93. The number of aliphatic carboxylic acids is 1. The molecule has 1 fully saturated rings. The molecular weight excluding hydrogens is 267 g/mol. The number of rotatable bonds is 5. The first-order valence-electron chi connectivity index (χ1n) is 6.06. The number of urea groups is 1. The molecule has 6 nitrogen and oxygen atoms in total. The number of carboxylic acid groups (broad SMARTS) is 1. The quantitative estimate of drug-likeness (QED) is 0.791. The number of carbonyl (C=O) groups is 3. The molecule has 1 aromatic carbocycles. The van der Waals surface area contributed by atoms with Gasteiger partial charge in [-0.15, -0.1) is 0 Å². The summed E-state index contributed by atoms with van der Waals surface area (Å²) >= 11 is 0. The van der Waals surface area contributed by atoms with E-state index < -0.39 is 29.8 Å². The zero-order valence-electron chi connectivity index (χ0n) is 10.5. The first-order valence-corrected chi connectivity index (χ1v) is 6.06. The fourth-order valence-electron chi connectivity index (χ4n) is 1.99. The lowest BCUT2D eigenvalue weighted by Gasteiger charge is -2.13. The molecule has 20 heavy (non-hydrogen) atoms. The summed E-state index contributed by atoms with van der Waals surface area (Å²) < 4.78 is 13.5. The van der Waals surface area contributed by atoms with Crippen molar-refractivity contribution >= 4 is 17.9 Å². The first kappa shape index (κ1) is 14.0. The van der Waals surface area contributed by atoms with Crippen molar-refractivity contribution in [2.24, 2.45) is 0 Å². The molecule has 0 saturated carbocycles. The summed E-state index contributed by atoms with van der Waals surface area (Å²) in [6.07, 6.45) is -0.197. The maximum atomic E-state index is 13.5. The Morgan fingerprint density at radius 3 is 2.70 bits per heavy atom. The number of benzene rings is 1. The van der Waals surface area contributed by atoms with Gasteiger partial charge in [0, 0.05) is 12.0 Å². The summed E-state index contributed by atoms with van der Waals surface area (Å²) in [4.78, 5) is 35.0. The van der Waals surface area contributed by atoms with Gasteiger partial charge in [-0.05, 0) is 12.5 Å². The molecule has 1 aromatic rings. The highest BCUT2D eigenvalue weighted by Gasteiger charge is 2.38. The Labute approximate surface area is 114 Å². The van der Waals surface area contributed by atoms with Crippen LogP contribution in [0.3, 0.4) is 0 Å². The molecule has 0 aromatic heterocycles. The number of nitrogens with zero attached hydrogens (tertiary/aromatic N) is 1. The van der Waals surface area contributed by atoms with Crippen LogP contribution in [0.2, 0.25) is 0 Å². The molecular formula is C13H13FN2O4. The van der Waals surface area contributed by atoms with Crippen molar-refractivity contribution in [3.63, 3.8) is 0 Å². The third-order valence-corrected chi connectivity index (χ3v) is 3.04. The van der Waals surface area contributed by atoms with Crippen LogP contribution in [-0.4, -0.2) is 34.0 Å². The van der Waals surface area contributed by atoms with Crippen LogP contribution in [0.4, 0.5) is 9.18 Å². The Balaban J connectivity index is 2.06. The van der Waals surface area contributed by atoms with Crippen molar-refractivity contribution in [1.82, 2.24) is 10.2 Å². The largest absolute Gasteiger partial charge is 0.481 e. The van der Waals surface area contributed by atoms with E-state index in [1.165, 1.54) is 18.2 Å². The van der Waals surface area contributed by atoms with Gasteiger partial charge in [-0.3, -0.25) is 14.5 Å². The number of imide groups is 1. The zero-order valence-corrected chi connectivity index (χ0v) is 10.5. The Bertz CT molecular complexity index is 561. The van der Waals surface area contributed by atoms with Crippen molar-refractivity contribution in [2.75, 3.05) is 0 Å². The molecule has 2 N–H and O–H groups in total. The van der Waals surface area contributed by atoms with Gasteiger partial charge in [0.25, 0.3) is 5.91 Å². The number of amides is 3. The minimum atomic E-state index is -1.04. The number of halogens is 1. The second-order valence-corrected chi connectivity index (χ2v) is 4.45. The van der Waals surface area contributed by atoms with Gasteiger partial charge in [-0.1, -0.05) is 18.2 Å². The number of hydrogen-bond acceptors (Lipinski definition) is 3. The van der Waals surface area contributed by atoms with Gasteiger partial charge >= 0.3 is 12.0 Å². The first-order chi connectivity index (χ1) is 9.49. The Hall–Kier alpha value is -2.44. The predicted molar refractivity (Wildman–Crippen MR) is 66.1 cm³/mol. The second kappa shape index (κ2) is 5.68. The number of carboxylic acids is 1. The molecule has 1 aliphatic heterocycles. The lowest BCUT2D eigenvalue weighted by atomic mass is 10.1. The lowest BCUT2D eigenvalue weighted by Crippen LogP contribution is -2.31. The molecule has 1 saturated heterocycles. The molecule has 3 amide bonds. The predicted octanol–water partition coefficient (Wildman–Crippen LogP) is 1.11. The fourth-order valence-corrected chi connectivity index (χ4v) is 1.99. The normalized spacial score (nSPS) is 18.2. The van der Waals surface area contributed by atoms with Gasteiger partial charge in [-0.2, -0.15) is 0 Å². The standard InChI is InChI=1S/C13H13FN2O4/c14-9-4-2-1-3-8(9)7-16-12(19)10(15-13(16)20)5-6-11(17)18/h1-4,10H,5-7H2,(H,15,20)(H,17,18)/t10-/m1/s1. The SMILES string of the molecule is O=C(O)CC[C@H]1NC(=O)N(Cc2ccccc2F)C1=O. The highest BCUT2D eigenvalue weighted by atomic mass is 19.1. The van der Waals surface area contributed by atoms with Crippen molar-refractivity contribution < 1.29 is 23.9 Å². The van der Waals surface area contributed by atoms with E-state index >= 15 is 0 Å². The number of hydrogen-bond donors (Lipinski definition) is 2. The van der Waals surface area contributed by atoms with E-state index in [-0.39, 0.29) is 24.9 Å². The van der Waals surface area contributed by atoms with Crippen LogP contribution >= 0.6 is 0 Å². The summed E-state index contributed by atoms with van der Waals surface area (Å²) in [6.45, 7) is -0.166. The van der Waals surface area contributed by atoms with Gasteiger partial charge < -0.3 is 10.4 Å². The van der Waals surface area contributed by atoms with Crippen LogP contribution in [0.25, 0.3) is 0 Å². The van der Waals surface area contributed by atoms with Gasteiger partial charge in [0.05, 0.1) is 6.54 Å². The molecule has 0 radical (unpaired) electrons. The smallest absolute Gasteiger partial charge is 0.325 e. The summed E-state index contributed by atoms with van der Waals surface area (Å²) in [5.41, 5.74) is 0.231. The Morgan fingerprint density at radius 1 is 1.35 bits per heavy atom. The summed E-state index contributed by atoms with van der Waals surface area (Å²) in [5, 5.41) is 11.0. The van der Waals surface area contributed by atoms with E-state index in [1.807, 2.05) is 0 Å². The van der Waals surface area contributed by atoms with E-state index in [9.17, 15) is 18.8 Å². The number of carbonyl (C=O) groups excluding carboxylic acids is 2. The average molecular weight is 280 g/mol. The van der Waals surface area contributed by atoms with Crippen LogP contribution in [0, 0.1) is 5.82 Å². The van der Waals surface area contributed by atoms with Crippen molar-refractivity contribution in [3.8, 4) is 0 Å². The number of nitrogens with one attached hydrogen (secondary N) is 1. The molecule has 106 valence electrons. The summed E-state index contributed by atoms with van der Waals surface area (Å²) in [5.74, 6) is -2.07. The topological polar surface area (TPSA) is 86.7 Å². The maximum absolute atomic E-state index is 13.5. The average Bonchev–Trinajstić information content (AvgIpc) is 2.66. The highest BCUT2D eigenvalue weighted by Crippen LogP contribution is 2.16. The fraction of sp³-hybridized carbons (Fsp3) is 0.308. The van der Waals surface area contributed by atoms with Crippen LogP contribution in [0.1, 0.15) is 18.4 Å². The van der Waals surface area contributed by atoms with Gasteiger partial charge in [0.2, 0.25) is 0 Å². The molecule has 0 aliphatic carbocycles. The van der Waals surface area contributed by atoms with Crippen LogP contribution in [0.15, 0.2) is 24.3 Å².